The third-order valence-corrected chi connectivity index (χ3v) is 6.10. The molecular weight excluding hydrogens is 521 g/mol. The van der Waals surface area contributed by atoms with Gasteiger partial charge in [0.2, 0.25) is 0 Å². The predicted octanol–water partition coefficient (Wildman–Crippen LogP) is 6.00. The van der Waals surface area contributed by atoms with Gasteiger partial charge >= 0.3 is 12.1 Å². The molecule has 0 aliphatic heterocycles. The molecule has 4 N–H and O–H groups in total. The Hall–Kier alpha value is -3.63. The smallest absolute Gasteiger partial charge is 0.475 e. The summed E-state index contributed by atoms with van der Waals surface area (Å²) in [5.74, 6) is -2.83. The second kappa shape index (κ2) is 16.5. The lowest BCUT2D eigenvalue weighted by molar-refractivity contribution is -0.192. The molecule has 0 spiro atoms. The van der Waals surface area contributed by atoms with Gasteiger partial charge in [0.25, 0.3) is 5.91 Å². The number of halogens is 3. The number of nitrogens with zero attached hydrogens (tertiary/aromatic N) is 1. The molecule has 0 bridgehead atoms. The lowest BCUT2D eigenvalue weighted by atomic mass is 10.1. The molecule has 0 aliphatic carbocycles. The van der Waals surface area contributed by atoms with E-state index in [0.29, 0.717) is 0 Å². The molecule has 1 heterocycles. The zero-order chi connectivity index (χ0) is 29.5. The first-order valence-electron chi connectivity index (χ1n) is 13.4. The number of amides is 1. The Morgan fingerprint density at radius 1 is 1.02 bits per heavy atom. The highest BCUT2D eigenvalue weighted by atomic mass is 19.4. The van der Waals surface area contributed by atoms with Crippen molar-refractivity contribution in [1.82, 2.24) is 20.7 Å². The number of H-pyrrole nitrogens is 1. The fourth-order valence-electron chi connectivity index (χ4n) is 4.06. The second-order valence-corrected chi connectivity index (χ2v) is 9.40. The van der Waals surface area contributed by atoms with E-state index in [0.717, 1.165) is 57.4 Å². The van der Waals surface area contributed by atoms with E-state index >= 15 is 0 Å². The number of aromatic nitrogens is 1. The van der Waals surface area contributed by atoms with Gasteiger partial charge in [0.15, 0.2) is 0 Å². The van der Waals surface area contributed by atoms with E-state index < -0.39 is 12.1 Å². The number of benzene rings is 2. The number of carbonyl (C=O) groups is 2. The number of carboxylic acid groups (broad SMARTS) is 1. The zero-order valence-corrected chi connectivity index (χ0v) is 23.3. The maximum atomic E-state index is 12.3. The first-order chi connectivity index (χ1) is 19.0. The Labute approximate surface area is 233 Å². The van der Waals surface area contributed by atoms with E-state index in [1.54, 1.807) is 6.08 Å². The molecule has 3 rings (SSSR count). The number of carboxylic acids is 1. The molecule has 218 valence electrons. The molecule has 3 aromatic rings. The van der Waals surface area contributed by atoms with E-state index in [1.807, 2.05) is 11.1 Å². The Bertz CT molecular complexity index is 1240. The molecule has 10 heteroatoms. The van der Waals surface area contributed by atoms with Crippen LogP contribution in [0.2, 0.25) is 0 Å². The third-order valence-electron chi connectivity index (χ3n) is 6.10. The van der Waals surface area contributed by atoms with E-state index in [2.05, 4.69) is 85.0 Å². The van der Waals surface area contributed by atoms with Gasteiger partial charge in [0.1, 0.15) is 0 Å². The van der Waals surface area contributed by atoms with E-state index in [9.17, 15) is 18.0 Å². The van der Waals surface area contributed by atoms with Crippen LogP contribution < -0.4 is 10.7 Å². The Kier molecular flexibility index (Phi) is 13.4. The number of nitrogens with one attached hydrogen (secondary N) is 3. The van der Waals surface area contributed by atoms with Crippen molar-refractivity contribution in [3.63, 3.8) is 0 Å². The number of hydrogen-bond donors (Lipinski definition) is 4. The van der Waals surface area contributed by atoms with Crippen LogP contribution in [0.3, 0.4) is 0 Å². The van der Waals surface area contributed by atoms with E-state index in [4.69, 9.17) is 9.90 Å². The fraction of sp³-hybridized carbons (Fsp3) is 0.400. The first-order valence-corrected chi connectivity index (χ1v) is 13.4. The molecule has 7 nitrogen and oxygen atoms in total. The SMILES string of the molecule is CCCCN(CCC)NC(=O)/C=C/c1ccc(CNCCc2c(C)[nH]c3ccccc23)cc1.O=C(O)C(F)(F)F. The maximum Gasteiger partial charge on any atom is 0.490 e. The van der Waals surface area contributed by atoms with Crippen molar-refractivity contribution >= 4 is 28.9 Å². The molecule has 40 heavy (non-hydrogen) atoms. The highest BCUT2D eigenvalue weighted by Crippen LogP contribution is 2.22. The van der Waals surface area contributed by atoms with Crippen LogP contribution in [0.25, 0.3) is 17.0 Å². The molecule has 0 atom stereocenters. The topological polar surface area (TPSA) is 97.5 Å². The predicted molar refractivity (Wildman–Crippen MR) is 153 cm³/mol. The normalized spacial score (nSPS) is 11.6. The standard InChI is InChI=1S/C28H38N4O.C2HF3O2/c1-4-6-20-32(19-5-2)31-28(33)16-15-23-11-13-24(14-12-23)21-29-18-17-25-22(3)30-27-10-8-7-9-26(25)27;3-2(4,5)1(6)7/h7-16,29-30H,4-6,17-21H2,1-3H3,(H,31,33);(H,6,7)/b16-15+;. The molecule has 0 unspecified atom stereocenters. The molecule has 2 aromatic carbocycles. The van der Waals surface area contributed by atoms with Gasteiger partial charge in [-0.2, -0.15) is 13.2 Å². The van der Waals surface area contributed by atoms with Gasteiger partial charge in [-0.15, -0.1) is 0 Å². The number of fused-ring (bicyclic) bond motifs is 1. The van der Waals surface area contributed by atoms with Crippen molar-refractivity contribution in [1.29, 1.82) is 0 Å². The summed E-state index contributed by atoms with van der Waals surface area (Å²) in [5, 5.41) is 14.0. The average molecular weight is 561 g/mol. The molecule has 0 saturated carbocycles. The van der Waals surface area contributed by atoms with Gasteiger partial charge in [0, 0.05) is 42.3 Å². The third kappa shape index (κ3) is 11.2. The van der Waals surface area contributed by atoms with Crippen LogP contribution in [0.15, 0.2) is 54.6 Å². The van der Waals surface area contributed by atoms with Crippen LogP contribution in [-0.4, -0.2) is 52.8 Å². The summed E-state index contributed by atoms with van der Waals surface area (Å²) in [6.07, 6.45) is 2.63. The van der Waals surface area contributed by atoms with Crippen LogP contribution in [0.4, 0.5) is 13.2 Å². The van der Waals surface area contributed by atoms with Gasteiger partial charge in [-0.25, -0.2) is 9.80 Å². The van der Waals surface area contributed by atoms with E-state index in [1.165, 1.54) is 27.7 Å². The highest BCUT2D eigenvalue weighted by Gasteiger charge is 2.38. The van der Waals surface area contributed by atoms with E-state index in [-0.39, 0.29) is 5.91 Å². The lowest BCUT2D eigenvalue weighted by Gasteiger charge is -2.21. The molecule has 0 fully saturated rings. The summed E-state index contributed by atoms with van der Waals surface area (Å²) in [6, 6.07) is 16.8. The maximum absolute atomic E-state index is 12.3. The Balaban J connectivity index is 0.000000708. The number of para-hydroxylation sites is 1. The van der Waals surface area contributed by atoms with Crippen molar-refractivity contribution in [2.45, 2.75) is 59.2 Å². The zero-order valence-electron chi connectivity index (χ0n) is 23.3. The molecule has 1 amide bonds. The van der Waals surface area contributed by atoms with Gasteiger partial charge in [-0.3, -0.25) is 10.2 Å². The molecular formula is C30H39F3N4O3. The number of aromatic amines is 1. The summed E-state index contributed by atoms with van der Waals surface area (Å²) in [5.41, 5.74) is 9.11. The summed E-state index contributed by atoms with van der Waals surface area (Å²) in [4.78, 5) is 24.6. The minimum atomic E-state index is -5.08. The van der Waals surface area contributed by atoms with Crippen LogP contribution in [-0.2, 0) is 22.6 Å². The fourth-order valence-corrected chi connectivity index (χ4v) is 4.06. The minimum absolute atomic E-state index is 0.0714. The van der Waals surface area contributed by atoms with Crippen LogP contribution in [0, 0.1) is 6.92 Å². The average Bonchev–Trinajstić information content (AvgIpc) is 3.24. The van der Waals surface area contributed by atoms with Gasteiger partial charge in [-0.1, -0.05) is 62.7 Å². The van der Waals surface area contributed by atoms with Crippen molar-refractivity contribution in [3.8, 4) is 0 Å². The molecule has 0 radical (unpaired) electrons. The largest absolute Gasteiger partial charge is 0.490 e. The van der Waals surface area contributed by atoms with Crippen molar-refractivity contribution in [2.75, 3.05) is 19.6 Å². The highest BCUT2D eigenvalue weighted by molar-refractivity contribution is 5.91. The number of carbonyl (C=O) groups excluding carboxylic acids is 1. The number of hydrogen-bond acceptors (Lipinski definition) is 4. The van der Waals surface area contributed by atoms with Crippen molar-refractivity contribution in [2.24, 2.45) is 0 Å². The second-order valence-electron chi connectivity index (χ2n) is 9.40. The quantitative estimate of drug-likeness (QED) is 0.117. The Morgan fingerprint density at radius 2 is 1.70 bits per heavy atom. The monoisotopic (exact) mass is 560 g/mol. The summed E-state index contributed by atoms with van der Waals surface area (Å²) in [6.45, 7) is 9.96. The lowest BCUT2D eigenvalue weighted by Crippen LogP contribution is -2.42. The summed E-state index contributed by atoms with van der Waals surface area (Å²) in [7, 11) is 0. The number of aliphatic carboxylic acids is 1. The van der Waals surface area contributed by atoms with Crippen LogP contribution >= 0.6 is 0 Å². The van der Waals surface area contributed by atoms with Gasteiger partial charge in [0.05, 0.1) is 0 Å². The number of rotatable bonds is 13. The molecule has 0 aliphatic rings. The van der Waals surface area contributed by atoms with Gasteiger partial charge in [-0.05, 0) is 61.6 Å². The van der Waals surface area contributed by atoms with Crippen molar-refractivity contribution < 1.29 is 27.9 Å². The molecule has 0 saturated heterocycles. The summed E-state index contributed by atoms with van der Waals surface area (Å²) < 4.78 is 31.7. The van der Waals surface area contributed by atoms with Crippen molar-refractivity contribution in [3.05, 3.63) is 77.0 Å². The molecule has 1 aromatic heterocycles. The summed E-state index contributed by atoms with van der Waals surface area (Å²) >= 11 is 0. The van der Waals surface area contributed by atoms with Gasteiger partial charge < -0.3 is 15.4 Å². The Morgan fingerprint density at radius 3 is 2.33 bits per heavy atom. The van der Waals surface area contributed by atoms with Crippen LogP contribution in [0.1, 0.15) is 55.5 Å². The number of alkyl halides is 3. The minimum Gasteiger partial charge on any atom is -0.475 e. The number of unbranched alkanes of at least 4 members (excludes halogenated alkanes) is 1. The van der Waals surface area contributed by atoms with Crippen LogP contribution in [0.5, 0.6) is 0 Å². The first kappa shape index (κ1) is 32.6. The number of hydrazine groups is 1. The number of aryl methyl sites for hydroxylation is 1.